The SMILES string of the molecule is C[C@H]1CN(Cc2nc3c(c(=O)n(C)c(=O)n3C)n2Cc2c(F)cccc2Cl)C[C@H](C)O1. The Bertz CT molecular complexity index is 1230. The van der Waals surface area contributed by atoms with Crippen LogP contribution in [0, 0.1) is 5.82 Å². The van der Waals surface area contributed by atoms with Crippen LogP contribution in [0.2, 0.25) is 5.02 Å². The molecule has 1 fully saturated rings. The number of rotatable bonds is 4. The van der Waals surface area contributed by atoms with Crippen LogP contribution < -0.4 is 11.2 Å². The second kappa shape index (κ2) is 8.22. The minimum atomic E-state index is -0.479. The zero-order valence-electron chi connectivity index (χ0n) is 17.9. The average Bonchev–Trinajstić information content (AvgIpc) is 3.05. The van der Waals surface area contributed by atoms with Crippen molar-refractivity contribution in [2.45, 2.75) is 39.1 Å². The highest BCUT2D eigenvalue weighted by Crippen LogP contribution is 2.24. The van der Waals surface area contributed by atoms with Crippen LogP contribution in [0.4, 0.5) is 4.39 Å². The van der Waals surface area contributed by atoms with Gasteiger partial charge in [-0.25, -0.2) is 14.2 Å². The number of nitrogens with zero attached hydrogens (tertiary/aromatic N) is 5. The third-order valence-electron chi connectivity index (χ3n) is 5.67. The van der Waals surface area contributed by atoms with Crippen molar-refractivity contribution in [1.29, 1.82) is 0 Å². The maximum absolute atomic E-state index is 14.6. The molecule has 0 amide bonds. The molecule has 0 radical (unpaired) electrons. The Kier molecular flexibility index (Phi) is 5.76. The van der Waals surface area contributed by atoms with Crippen molar-refractivity contribution in [3.63, 3.8) is 0 Å². The third kappa shape index (κ3) is 3.93. The van der Waals surface area contributed by atoms with Crippen molar-refractivity contribution in [2.24, 2.45) is 14.1 Å². The van der Waals surface area contributed by atoms with Crippen molar-refractivity contribution in [2.75, 3.05) is 13.1 Å². The largest absolute Gasteiger partial charge is 0.373 e. The lowest BCUT2D eigenvalue weighted by molar-refractivity contribution is -0.0712. The van der Waals surface area contributed by atoms with Crippen LogP contribution in [0.15, 0.2) is 27.8 Å². The highest BCUT2D eigenvalue weighted by atomic mass is 35.5. The molecule has 0 aliphatic carbocycles. The van der Waals surface area contributed by atoms with E-state index in [2.05, 4.69) is 9.88 Å². The Balaban J connectivity index is 1.89. The molecule has 0 saturated carbocycles. The molecule has 2 atom stereocenters. The van der Waals surface area contributed by atoms with Crippen molar-refractivity contribution in [3.8, 4) is 0 Å². The first-order valence-electron chi connectivity index (χ1n) is 10.1. The monoisotopic (exact) mass is 449 g/mol. The second-order valence-corrected chi connectivity index (χ2v) is 8.55. The van der Waals surface area contributed by atoms with Crippen LogP contribution in [0.25, 0.3) is 11.2 Å². The van der Waals surface area contributed by atoms with Gasteiger partial charge in [0.1, 0.15) is 11.6 Å². The second-order valence-electron chi connectivity index (χ2n) is 8.14. The lowest BCUT2D eigenvalue weighted by Crippen LogP contribution is -2.45. The number of morpholine rings is 1. The molecule has 166 valence electrons. The van der Waals surface area contributed by atoms with Crippen molar-refractivity contribution in [3.05, 3.63) is 61.3 Å². The van der Waals surface area contributed by atoms with Crippen LogP contribution in [0.5, 0.6) is 0 Å². The summed E-state index contributed by atoms with van der Waals surface area (Å²) in [5.74, 6) is 0.101. The molecule has 2 aromatic heterocycles. The number of fused-ring (bicyclic) bond motifs is 1. The number of aryl methyl sites for hydroxylation is 1. The van der Waals surface area contributed by atoms with Gasteiger partial charge in [-0.2, -0.15) is 0 Å². The zero-order chi connectivity index (χ0) is 22.4. The Labute approximate surface area is 183 Å². The number of hydrogen-bond donors (Lipinski definition) is 0. The molecule has 0 unspecified atom stereocenters. The fourth-order valence-corrected chi connectivity index (χ4v) is 4.46. The molecule has 0 bridgehead atoms. The summed E-state index contributed by atoms with van der Waals surface area (Å²) in [5, 5.41) is 0.267. The van der Waals surface area contributed by atoms with Crippen LogP contribution in [-0.4, -0.2) is 48.9 Å². The molecule has 1 aliphatic rings. The van der Waals surface area contributed by atoms with Gasteiger partial charge in [-0.1, -0.05) is 17.7 Å². The van der Waals surface area contributed by atoms with Crippen molar-refractivity contribution < 1.29 is 9.13 Å². The molecular formula is C21H25ClFN5O3. The normalized spacial score (nSPS) is 19.9. The maximum atomic E-state index is 14.6. The predicted molar refractivity (Wildman–Crippen MR) is 116 cm³/mol. The number of halogens is 2. The van der Waals surface area contributed by atoms with Crippen LogP contribution in [-0.2, 0) is 31.9 Å². The first kappa shape index (κ1) is 21.7. The minimum Gasteiger partial charge on any atom is -0.373 e. The van der Waals surface area contributed by atoms with Gasteiger partial charge in [0.2, 0.25) is 0 Å². The van der Waals surface area contributed by atoms with Gasteiger partial charge in [0.05, 0.1) is 25.3 Å². The summed E-state index contributed by atoms with van der Waals surface area (Å²) < 4.78 is 24.4. The number of imidazole rings is 1. The summed E-state index contributed by atoms with van der Waals surface area (Å²) in [5.41, 5.74) is -0.165. The van der Waals surface area contributed by atoms with E-state index in [0.29, 0.717) is 25.5 Å². The minimum absolute atomic E-state index is 0.0280. The quantitative estimate of drug-likeness (QED) is 0.608. The standard InChI is InChI=1S/C21H25ClFN5O3/c1-12-8-27(9-13(2)31-12)11-17-24-19-18(20(29)26(4)21(30)25(19)3)28(17)10-14-15(22)6-5-7-16(14)23/h5-7,12-13H,8-11H2,1-4H3/t12-,13-/m0/s1. The van der Waals surface area contributed by atoms with Gasteiger partial charge in [-0.15, -0.1) is 0 Å². The van der Waals surface area contributed by atoms with E-state index in [4.69, 9.17) is 16.3 Å². The van der Waals surface area contributed by atoms with Gasteiger partial charge in [0, 0.05) is 37.8 Å². The summed E-state index contributed by atoms with van der Waals surface area (Å²) in [7, 11) is 2.99. The van der Waals surface area contributed by atoms with Crippen LogP contribution in [0.1, 0.15) is 25.2 Å². The first-order chi connectivity index (χ1) is 14.7. The van der Waals surface area contributed by atoms with E-state index in [-0.39, 0.29) is 40.5 Å². The lowest BCUT2D eigenvalue weighted by atomic mass is 10.2. The Morgan fingerprint density at radius 3 is 2.45 bits per heavy atom. The summed E-state index contributed by atoms with van der Waals surface area (Å²) in [6.07, 6.45) is 0.111. The van der Waals surface area contributed by atoms with E-state index in [1.165, 1.54) is 23.7 Å². The Hall–Kier alpha value is -2.49. The average molecular weight is 450 g/mol. The van der Waals surface area contributed by atoms with Crippen molar-refractivity contribution >= 4 is 22.8 Å². The molecule has 4 rings (SSSR count). The van der Waals surface area contributed by atoms with Gasteiger partial charge < -0.3 is 9.30 Å². The fourth-order valence-electron chi connectivity index (χ4n) is 4.24. The molecule has 1 aromatic carbocycles. The number of ether oxygens (including phenoxy) is 1. The van der Waals surface area contributed by atoms with Crippen LogP contribution in [0.3, 0.4) is 0 Å². The molecule has 10 heteroatoms. The smallest absolute Gasteiger partial charge is 0.332 e. The summed E-state index contributed by atoms with van der Waals surface area (Å²) >= 11 is 6.27. The first-order valence-corrected chi connectivity index (χ1v) is 10.5. The zero-order valence-corrected chi connectivity index (χ0v) is 18.7. The summed E-state index contributed by atoms with van der Waals surface area (Å²) in [6, 6.07) is 4.48. The Morgan fingerprint density at radius 1 is 1.13 bits per heavy atom. The van der Waals surface area contributed by atoms with Gasteiger partial charge in [0.25, 0.3) is 5.56 Å². The molecular weight excluding hydrogens is 425 g/mol. The third-order valence-corrected chi connectivity index (χ3v) is 6.02. The van der Waals surface area contributed by atoms with Gasteiger partial charge in [-0.05, 0) is 26.0 Å². The number of benzene rings is 1. The predicted octanol–water partition coefficient (Wildman–Crippen LogP) is 1.88. The summed E-state index contributed by atoms with van der Waals surface area (Å²) in [4.78, 5) is 32.3. The lowest BCUT2D eigenvalue weighted by Gasteiger charge is -2.35. The van der Waals surface area contributed by atoms with E-state index < -0.39 is 17.1 Å². The highest BCUT2D eigenvalue weighted by Gasteiger charge is 2.26. The van der Waals surface area contributed by atoms with Crippen molar-refractivity contribution in [1.82, 2.24) is 23.6 Å². The highest BCUT2D eigenvalue weighted by molar-refractivity contribution is 6.31. The van der Waals surface area contributed by atoms with Crippen LogP contribution >= 0.6 is 11.6 Å². The van der Waals surface area contributed by atoms with E-state index in [1.54, 1.807) is 17.7 Å². The van der Waals surface area contributed by atoms with Gasteiger partial charge in [-0.3, -0.25) is 18.8 Å². The molecule has 3 heterocycles. The van der Waals surface area contributed by atoms with E-state index in [9.17, 15) is 14.0 Å². The maximum Gasteiger partial charge on any atom is 0.332 e. The molecule has 3 aromatic rings. The summed E-state index contributed by atoms with van der Waals surface area (Å²) in [6.45, 7) is 5.86. The Morgan fingerprint density at radius 2 is 1.81 bits per heavy atom. The van der Waals surface area contributed by atoms with E-state index >= 15 is 0 Å². The van der Waals surface area contributed by atoms with Gasteiger partial charge in [0.15, 0.2) is 11.2 Å². The topological polar surface area (TPSA) is 74.3 Å². The molecule has 8 nitrogen and oxygen atoms in total. The molecule has 1 saturated heterocycles. The molecule has 31 heavy (non-hydrogen) atoms. The number of hydrogen-bond acceptors (Lipinski definition) is 5. The van der Waals surface area contributed by atoms with Gasteiger partial charge >= 0.3 is 5.69 Å². The molecule has 0 N–H and O–H groups in total. The van der Waals surface area contributed by atoms with E-state index in [0.717, 1.165) is 4.57 Å². The van der Waals surface area contributed by atoms with E-state index in [1.807, 2.05) is 13.8 Å². The number of aromatic nitrogens is 4. The molecule has 0 spiro atoms. The molecule has 1 aliphatic heterocycles. The fraction of sp³-hybridized carbons (Fsp3) is 0.476.